The molecular formula is C11H19N3O3S. The van der Waals surface area contributed by atoms with Crippen molar-refractivity contribution < 1.29 is 13.2 Å². The van der Waals surface area contributed by atoms with E-state index < -0.39 is 10.0 Å². The molecule has 0 spiro atoms. The molecule has 0 N–H and O–H groups in total. The molecule has 0 aromatic carbocycles. The number of aryl methyl sites for hydroxylation is 1. The van der Waals surface area contributed by atoms with E-state index in [0.717, 1.165) is 17.8 Å². The molecule has 1 aliphatic heterocycles. The van der Waals surface area contributed by atoms with Gasteiger partial charge in [0.05, 0.1) is 19.1 Å². The fourth-order valence-corrected chi connectivity index (χ4v) is 3.28. The van der Waals surface area contributed by atoms with Crippen molar-refractivity contribution in [3.8, 4) is 0 Å². The second-order valence-electron chi connectivity index (χ2n) is 4.58. The van der Waals surface area contributed by atoms with Crippen LogP contribution < -0.4 is 0 Å². The van der Waals surface area contributed by atoms with Crippen molar-refractivity contribution in [2.24, 2.45) is 0 Å². The molecule has 102 valence electrons. The summed E-state index contributed by atoms with van der Waals surface area (Å²) in [5.74, 6) is 0.0518. The van der Waals surface area contributed by atoms with Crippen LogP contribution in [0.2, 0.25) is 0 Å². The number of ether oxygens (including phenoxy) is 1. The topological polar surface area (TPSA) is 64.4 Å². The van der Waals surface area contributed by atoms with Gasteiger partial charge in [0.2, 0.25) is 10.0 Å². The molecule has 0 aliphatic carbocycles. The molecule has 1 aliphatic rings. The molecule has 0 amide bonds. The minimum absolute atomic E-state index is 0.0518. The highest BCUT2D eigenvalue weighted by atomic mass is 32.2. The third kappa shape index (κ3) is 2.43. The fourth-order valence-electron chi connectivity index (χ4n) is 2.45. The molecule has 2 heterocycles. The number of aromatic nitrogens is 2. The first-order chi connectivity index (χ1) is 8.47. The minimum Gasteiger partial charge on any atom is -0.384 e. The van der Waals surface area contributed by atoms with Crippen molar-refractivity contribution in [2.45, 2.75) is 25.9 Å². The molecule has 0 saturated heterocycles. The van der Waals surface area contributed by atoms with Gasteiger partial charge >= 0.3 is 0 Å². The van der Waals surface area contributed by atoms with Crippen molar-refractivity contribution in [3.05, 3.63) is 17.5 Å². The molecular weight excluding hydrogens is 254 g/mol. The van der Waals surface area contributed by atoms with Gasteiger partial charge in [0.15, 0.2) is 0 Å². The van der Waals surface area contributed by atoms with Crippen LogP contribution in [0.25, 0.3) is 0 Å². The molecule has 1 aromatic heterocycles. The van der Waals surface area contributed by atoms with Crippen LogP contribution in [0.15, 0.2) is 6.20 Å². The van der Waals surface area contributed by atoms with Gasteiger partial charge in [-0.15, -0.1) is 0 Å². The number of fused-ring (bicyclic) bond motifs is 1. The maximum absolute atomic E-state index is 11.7. The predicted molar refractivity (Wildman–Crippen MR) is 67.8 cm³/mol. The second-order valence-corrected chi connectivity index (χ2v) is 6.56. The maximum atomic E-state index is 11.7. The van der Waals surface area contributed by atoms with Crippen LogP contribution >= 0.6 is 0 Å². The van der Waals surface area contributed by atoms with E-state index in [4.69, 9.17) is 4.74 Å². The zero-order chi connectivity index (χ0) is 13.3. The number of rotatable bonds is 4. The van der Waals surface area contributed by atoms with Gasteiger partial charge in [-0.05, 0) is 6.92 Å². The molecule has 1 aromatic rings. The summed E-state index contributed by atoms with van der Waals surface area (Å²) in [7, 11) is -1.55. The Morgan fingerprint density at radius 1 is 1.56 bits per heavy atom. The average molecular weight is 273 g/mol. The minimum atomic E-state index is -3.18. The Morgan fingerprint density at radius 2 is 2.28 bits per heavy atom. The Balaban J connectivity index is 2.38. The maximum Gasteiger partial charge on any atom is 0.211 e. The Kier molecular flexibility index (Phi) is 3.74. The highest BCUT2D eigenvalue weighted by molar-refractivity contribution is 7.88. The number of hydrogen-bond donors (Lipinski definition) is 0. The Hall–Kier alpha value is -0.920. The third-order valence-electron chi connectivity index (χ3n) is 3.25. The monoisotopic (exact) mass is 273 g/mol. The lowest BCUT2D eigenvalue weighted by Gasteiger charge is -2.31. The van der Waals surface area contributed by atoms with E-state index in [9.17, 15) is 8.42 Å². The van der Waals surface area contributed by atoms with Gasteiger partial charge in [0.25, 0.3) is 0 Å². The summed E-state index contributed by atoms with van der Waals surface area (Å²) in [6, 6.07) is 0. The Morgan fingerprint density at radius 3 is 2.83 bits per heavy atom. The van der Waals surface area contributed by atoms with Crippen molar-refractivity contribution in [1.82, 2.24) is 14.1 Å². The molecule has 0 unspecified atom stereocenters. The lowest BCUT2D eigenvalue weighted by Crippen LogP contribution is -2.39. The normalized spacial score (nSPS) is 20.9. The molecule has 6 nitrogen and oxygen atoms in total. The third-order valence-corrected chi connectivity index (χ3v) is 4.47. The molecule has 7 heteroatoms. The standard InChI is InChI=1S/C11H19N3O3S/c1-4-14-11-9(5-12-14)6-13(18(3,15)16)7-10(11)8-17-2/h5,10H,4,6-8H2,1-3H3/t10-/m0/s1. The first kappa shape index (κ1) is 13.5. The first-order valence-electron chi connectivity index (χ1n) is 5.96. The summed E-state index contributed by atoms with van der Waals surface area (Å²) >= 11 is 0. The van der Waals surface area contributed by atoms with E-state index in [-0.39, 0.29) is 5.92 Å². The highest BCUT2D eigenvalue weighted by Crippen LogP contribution is 2.29. The quantitative estimate of drug-likeness (QED) is 0.797. The summed E-state index contributed by atoms with van der Waals surface area (Å²) in [4.78, 5) is 0. The number of methoxy groups -OCH3 is 1. The second kappa shape index (κ2) is 4.99. The van der Waals surface area contributed by atoms with E-state index in [1.54, 1.807) is 13.3 Å². The van der Waals surface area contributed by atoms with Crippen LogP contribution in [-0.2, 0) is 27.8 Å². The summed E-state index contributed by atoms with van der Waals surface area (Å²) < 4.78 is 32.0. The van der Waals surface area contributed by atoms with Gasteiger partial charge in [-0.2, -0.15) is 9.40 Å². The van der Waals surface area contributed by atoms with Gasteiger partial charge in [-0.3, -0.25) is 4.68 Å². The van der Waals surface area contributed by atoms with Gasteiger partial charge in [-0.25, -0.2) is 8.42 Å². The summed E-state index contributed by atoms with van der Waals surface area (Å²) in [5, 5.41) is 4.30. The lowest BCUT2D eigenvalue weighted by atomic mass is 9.98. The van der Waals surface area contributed by atoms with Crippen LogP contribution in [0.1, 0.15) is 24.1 Å². The number of nitrogens with zero attached hydrogens (tertiary/aromatic N) is 3. The predicted octanol–water partition coefficient (Wildman–Crippen LogP) is 0.408. The first-order valence-corrected chi connectivity index (χ1v) is 7.80. The van der Waals surface area contributed by atoms with Crippen molar-refractivity contribution in [3.63, 3.8) is 0 Å². The molecule has 0 saturated carbocycles. The van der Waals surface area contributed by atoms with Crippen LogP contribution in [0.5, 0.6) is 0 Å². The van der Waals surface area contributed by atoms with Gasteiger partial charge in [0.1, 0.15) is 0 Å². The van der Waals surface area contributed by atoms with Crippen molar-refractivity contribution in [2.75, 3.05) is 26.5 Å². The van der Waals surface area contributed by atoms with Crippen molar-refractivity contribution >= 4 is 10.0 Å². The summed E-state index contributed by atoms with van der Waals surface area (Å²) in [6.45, 7) is 4.19. The lowest BCUT2D eigenvalue weighted by molar-refractivity contribution is 0.159. The van der Waals surface area contributed by atoms with Crippen molar-refractivity contribution in [1.29, 1.82) is 0 Å². The SMILES string of the molecule is CCn1ncc2c1[C@H](COC)CN(S(C)(=O)=O)C2. The summed E-state index contributed by atoms with van der Waals surface area (Å²) in [5.41, 5.74) is 2.09. The van der Waals surface area contributed by atoms with E-state index in [1.165, 1.54) is 10.6 Å². The van der Waals surface area contributed by atoms with Crippen LogP contribution in [0, 0.1) is 0 Å². The molecule has 1 atom stereocenters. The summed E-state index contributed by atoms with van der Waals surface area (Å²) in [6.07, 6.45) is 3.00. The molecule has 0 fully saturated rings. The number of hydrogen-bond acceptors (Lipinski definition) is 4. The smallest absolute Gasteiger partial charge is 0.211 e. The zero-order valence-electron chi connectivity index (χ0n) is 11.0. The van der Waals surface area contributed by atoms with Crippen LogP contribution in [0.3, 0.4) is 0 Å². The fraction of sp³-hybridized carbons (Fsp3) is 0.727. The largest absolute Gasteiger partial charge is 0.384 e. The van der Waals surface area contributed by atoms with Gasteiger partial charge in [0, 0.05) is 43.9 Å². The Bertz CT molecular complexity index is 524. The van der Waals surface area contributed by atoms with Gasteiger partial charge < -0.3 is 4.74 Å². The van der Waals surface area contributed by atoms with E-state index in [2.05, 4.69) is 5.10 Å². The van der Waals surface area contributed by atoms with E-state index in [0.29, 0.717) is 19.7 Å². The zero-order valence-corrected chi connectivity index (χ0v) is 11.8. The Labute approximate surface area is 108 Å². The average Bonchev–Trinajstić information content (AvgIpc) is 2.71. The van der Waals surface area contributed by atoms with Crippen LogP contribution in [0.4, 0.5) is 0 Å². The number of sulfonamides is 1. The molecule has 18 heavy (non-hydrogen) atoms. The highest BCUT2D eigenvalue weighted by Gasteiger charge is 2.32. The van der Waals surface area contributed by atoms with Crippen LogP contribution in [-0.4, -0.2) is 49.0 Å². The molecule has 0 bridgehead atoms. The molecule has 0 radical (unpaired) electrons. The molecule has 2 rings (SSSR count). The van der Waals surface area contributed by atoms with E-state index >= 15 is 0 Å². The van der Waals surface area contributed by atoms with Gasteiger partial charge in [-0.1, -0.05) is 0 Å². The van der Waals surface area contributed by atoms with E-state index in [1.807, 2.05) is 11.6 Å².